The molecule has 0 bridgehead atoms. The third-order valence-corrected chi connectivity index (χ3v) is 7.15. The molecule has 0 radical (unpaired) electrons. The first kappa shape index (κ1) is 26.3. The normalized spacial score (nSPS) is 17.0. The van der Waals surface area contributed by atoms with Gasteiger partial charge in [-0.1, -0.05) is 71.2 Å². The summed E-state index contributed by atoms with van der Waals surface area (Å²) in [6.45, 7) is 1.17. The third kappa shape index (κ3) is 6.15. The smallest absolute Gasteiger partial charge is 0.257 e. The summed E-state index contributed by atoms with van der Waals surface area (Å²) in [5.41, 5.74) is 1.75. The molecule has 36 heavy (non-hydrogen) atoms. The van der Waals surface area contributed by atoms with Gasteiger partial charge in [-0.25, -0.2) is 0 Å². The highest BCUT2D eigenvalue weighted by molar-refractivity contribution is 6.39. The second kappa shape index (κ2) is 12.0. The van der Waals surface area contributed by atoms with Gasteiger partial charge < -0.3 is 14.5 Å². The lowest BCUT2D eigenvalue weighted by molar-refractivity contribution is 0.0591. The molecule has 3 aromatic rings. The van der Waals surface area contributed by atoms with E-state index in [1.807, 2.05) is 30.3 Å². The number of rotatable bonds is 3. The summed E-state index contributed by atoms with van der Waals surface area (Å²) >= 11 is 19.1. The van der Waals surface area contributed by atoms with Crippen molar-refractivity contribution in [1.82, 2.24) is 9.80 Å². The van der Waals surface area contributed by atoms with Gasteiger partial charge >= 0.3 is 0 Å². The van der Waals surface area contributed by atoms with Gasteiger partial charge in [-0.05, 0) is 55.2 Å². The van der Waals surface area contributed by atoms with Gasteiger partial charge in [-0.2, -0.15) is 0 Å². The van der Waals surface area contributed by atoms with E-state index in [0.29, 0.717) is 52.3 Å². The summed E-state index contributed by atoms with van der Waals surface area (Å²) in [7, 11) is 1.75. The number of carbonyl (C=O) groups is 2. The van der Waals surface area contributed by atoms with E-state index in [1.165, 1.54) is 0 Å². The van der Waals surface area contributed by atoms with Gasteiger partial charge in [-0.15, -0.1) is 0 Å². The van der Waals surface area contributed by atoms with Gasteiger partial charge in [0.05, 0.1) is 27.2 Å². The van der Waals surface area contributed by atoms with Crippen LogP contribution in [0.5, 0.6) is 5.75 Å². The molecule has 1 heterocycles. The first-order valence-corrected chi connectivity index (χ1v) is 12.9. The monoisotopic (exact) mass is 544 g/mol. The Kier molecular flexibility index (Phi) is 8.78. The Morgan fingerprint density at radius 2 is 1.64 bits per heavy atom. The highest BCUT2D eigenvalue weighted by atomic mass is 35.5. The summed E-state index contributed by atoms with van der Waals surface area (Å²) in [6, 6.07) is 19.7. The third-order valence-electron chi connectivity index (χ3n) is 6.28. The van der Waals surface area contributed by atoms with Crippen molar-refractivity contribution in [1.29, 1.82) is 0 Å². The van der Waals surface area contributed by atoms with Crippen molar-refractivity contribution < 1.29 is 14.3 Å². The lowest BCUT2D eigenvalue weighted by atomic mass is 10.0. The van der Waals surface area contributed by atoms with Crippen molar-refractivity contribution in [3.8, 4) is 5.75 Å². The van der Waals surface area contributed by atoms with Gasteiger partial charge in [0.2, 0.25) is 0 Å². The molecular weight excluding hydrogens is 519 g/mol. The molecule has 3 aromatic carbocycles. The van der Waals surface area contributed by atoms with E-state index in [1.54, 1.807) is 53.2 Å². The number of hydrogen-bond acceptors (Lipinski definition) is 3. The van der Waals surface area contributed by atoms with E-state index in [-0.39, 0.29) is 30.0 Å². The maximum atomic E-state index is 13.9. The Morgan fingerprint density at radius 1 is 0.944 bits per heavy atom. The average Bonchev–Trinajstić information content (AvgIpc) is 2.86. The first-order chi connectivity index (χ1) is 17.3. The SMILES string of the molecule is CN1CCCCN(C(=O)c2c(Cl)cccc2Cl)[C@H](Cc2ccccc2)COc2ccc(Cl)cc2C1=O. The van der Waals surface area contributed by atoms with Crippen LogP contribution in [0.4, 0.5) is 0 Å². The Bertz CT molecular complexity index is 1220. The fraction of sp³-hybridized carbons (Fsp3) is 0.286. The maximum Gasteiger partial charge on any atom is 0.257 e. The molecule has 1 atom stereocenters. The van der Waals surface area contributed by atoms with Crippen LogP contribution in [0.15, 0.2) is 66.7 Å². The van der Waals surface area contributed by atoms with Crippen LogP contribution >= 0.6 is 34.8 Å². The summed E-state index contributed by atoms with van der Waals surface area (Å²) in [6.07, 6.45) is 1.97. The number of hydrogen-bond donors (Lipinski definition) is 0. The highest BCUT2D eigenvalue weighted by Crippen LogP contribution is 2.29. The molecular formula is C28H27Cl3N2O3. The maximum absolute atomic E-state index is 13.9. The van der Waals surface area contributed by atoms with E-state index >= 15 is 0 Å². The van der Waals surface area contributed by atoms with Crippen molar-refractivity contribution in [2.45, 2.75) is 25.3 Å². The number of carbonyl (C=O) groups excluding carboxylic acids is 2. The molecule has 0 N–H and O–H groups in total. The standard InChI is InChI=1S/C28H27Cl3N2O3/c1-32-14-5-6-15-33(28(35)26-23(30)10-7-11-24(26)31)21(16-19-8-3-2-4-9-19)18-36-25-13-12-20(29)17-22(25)27(32)34/h2-4,7-13,17,21H,5-6,14-16,18H2,1H3/t21-/m1/s1. The molecule has 2 amide bonds. The molecule has 0 fully saturated rings. The minimum atomic E-state index is -0.331. The second-order valence-corrected chi connectivity index (χ2v) is 10.1. The Morgan fingerprint density at radius 3 is 2.36 bits per heavy atom. The zero-order chi connectivity index (χ0) is 25.7. The zero-order valence-electron chi connectivity index (χ0n) is 19.9. The molecule has 0 spiro atoms. The molecule has 188 valence electrons. The minimum absolute atomic E-state index is 0.150. The first-order valence-electron chi connectivity index (χ1n) is 11.8. The number of ether oxygens (including phenoxy) is 1. The molecule has 5 nitrogen and oxygen atoms in total. The summed E-state index contributed by atoms with van der Waals surface area (Å²) in [4.78, 5) is 30.4. The lowest BCUT2D eigenvalue weighted by Gasteiger charge is -2.33. The van der Waals surface area contributed by atoms with E-state index in [0.717, 1.165) is 12.0 Å². The van der Waals surface area contributed by atoms with Gasteiger partial charge in [-0.3, -0.25) is 9.59 Å². The van der Waals surface area contributed by atoms with Crippen molar-refractivity contribution >= 4 is 46.6 Å². The Hall–Kier alpha value is -2.73. The predicted octanol–water partition coefficient (Wildman–Crippen LogP) is 6.65. The van der Waals surface area contributed by atoms with Crippen molar-refractivity contribution in [2.75, 3.05) is 26.7 Å². The van der Waals surface area contributed by atoms with E-state index < -0.39 is 0 Å². The Balaban J connectivity index is 1.74. The van der Waals surface area contributed by atoms with Gasteiger partial charge in [0, 0.05) is 25.2 Å². The molecule has 0 saturated carbocycles. The van der Waals surface area contributed by atoms with Crippen molar-refractivity contribution in [3.63, 3.8) is 0 Å². The van der Waals surface area contributed by atoms with Crippen LogP contribution < -0.4 is 4.74 Å². The molecule has 0 unspecified atom stereocenters. The summed E-state index contributed by atoms with van der Waals surface area (Å²) in [5, 5.41) is 1.07. The Labute approximate surface area is 226 Å². The van der Waals surface area contributed by atoms with Crippen molar-refractivity contribution in [2.24, 2.45) is 0 Å². The quantitative estimate of drug-likeness (QED) is 0.370. The average molecular weight is 546 g/mol. The molecule has 0 aliphatic carbocycles. The largest absolute Gasteiger partial charge is 0.491 e. The molecule has 8 heteroatoms. The number of fused-ring (bicyclic) bond motifs is 1. The second-order valence-electron chi connectivity index (χ2n) is 8.82. The van der Waals surface area contributed by atoms with Gasteiger partial charge in [0.25, 0.3) is 11.8 Å². The summed E-state index contributed by atoms with van der Waals surface area (Å²) in [5.74, 6) is 0.0366. The van der Waals surface area contributed by atoms with E-state index in [9.17, 15) is 9.59 Å². The zero-order valence-corrected chi connectivity index (χ0v) is 22.2. The van der Waals surface area contributed by atoms with Crippen LogP contribution in [-0.4, -0.2) is 54.4 Å². The predicted molar refractivity (Wildman–Crippen MR) is 145 cm³/mol. The fourth-order valence-corrected chi connectivity index (χ4v) is 5.09. The van der Waals surface area contributed by atoms with Crippen LogP contribution in [0.3, 0.4) is 0 Å². The van der Waals surface area contributed by atoms with Gasteiger partial charge in [0.1, 0.15) is 12.4 Å². The number of benzene rings is 3. The molecule has 4 rings (SSSR count). The minimum Gasteiger partial charge on any atom is -0.491 e. The van der Waals surface area contributed by atoms with Crippen LogP contribution in [0.1, 0.15) is 39.1 Å². The van der Waals surface area contributed by atoms with Crippen LogP contribution in [0, 0.1) is 0 Å². The molecule has 0 aromatic heterocycles. The topological polar surface area (TPSA) is 49.9 Å². The van der Waals surface area contributed by atoms with E-state index in [4.69, 9.17) is 39.5 Å². The molecule has 0 saturated heterocycles. The van der Waals surface area contributed by atoms with E-state index in [2.05, 4.69) is 0 Å². The van der Waals surface area contributed by atoms with Crippen molar-refractivity contribution in [3.05, 3.63) is 98.5 Å². The number of amides is 2. The fourth-order valence-electron chi connectivity index (χ4n) is 4.36. The van der Waals surface area contributed by atoms with Crippen LogP contribution in [0.2, 0.25) is 15.1 Å². The highest BCUT2D eigenvalue weighted by Gasteiger charge is 2.29. The molecule has 1 aliphatic rings. The molecule has 1 aliphatic heterocycles. The lowest BCUT2D eigenvalue weighted by Crippen LogP contribution is -2.46. The summed E-state index contributed by atoms with van der Waals surface area (Å²) < 4.78 is 6.23. The number of halogens is 3. The van der Waals surface area contributed by atoms with Crippen LogP contribution in [-0.2, 0) is 6.42 Å². The number of nitrogens with zero attached hydrogens (tertiary/aromatic N) is 2. The van der Waals surface area contributed by atoms with Crippen LogP contribution in [0.25, 0.3) is 0 Å². The van der Waals surface area contributed by atoms with Gasteiger partial charge in [0.15, 0.2) is 0 Å².